The molecule has 0 aliphatic heterocycles. The van der Waals surface area contributed by atoms with Gasteiger partial charge in [0.25, 0.3) is 0 Å². The van der Waals surface area contributed by atoms with Gasteiger partial charge in [0.05, 0.1) is 10.2 Å². The fourth-order valence-electron chi connectivity index (χ4n) is 1.26. The molecule has 1 fully saturated rings. The van der Waals surface area contributed by atoms with Gasteiger partial charge in [0.2, 0.25) is 5.91 Å². The van der Waals surface area contributed by atoms with Gasteiger partial charge in [0, 0.05) is 18.8 Å². The second-order valence-corrected chi connectivity index (χ2v) is 4.41. The van der Waals surface area contributed by atoms with Crippen LogP contribution in [0.3, 0.4) is 0 Å². The van der Waals surface area contributed by atoms with Crippen molar-refractivity contribution < 1.29 is 4.79 Å². The molecule has 0 spiro atoms. The van der Waals surface area contributed by atoms with Gasteiger partial charge in [-0.1, -0.05) is 0 Å². The Morgan fingerprint density at radius 3 is 3.07 bits per heavy atom. The number of carbonyl (C=O) groups excluding carboxylic acids is 1. The summed E-state index contributed by atoms with van der Waals surface area (Å²) in [6.45, 7) is 0. The van der Waals surface area contributed by atoms with Crippen LogP contribution >= 0.6 is 15.9 Å². The van der Waals surface area contributed by atoms with Crippen molar-refractivity contribution in [3.63, 3.8) is 0 Å². The average molecular weight is 255 g/mol. The summed E-state index contributed by atoms with van der Waals surface area (Å²) in [5, 5.41) is 2.86. The number of carbonyl (C=O) groups is 1. The Kier molecular flexibility index (Phi) is 2.82. The Bertz CT molecular complexity index is 350. The molecule has 0 saturated heterocycles. The molecular formula is C10H11BrN2O. The van der Waals surface area contributed by atoms with E-state index >= 15 is 0 Å². The van der Waals surface area contributed by atoms with Crippen LogP contribution in [0.5, 0.6) is 0 Å². The second kappa shape index (κ2) is 4.09. The average Bonchev–Trinajstić information content (AvgIpc) is 2.93. The maximum Gasteiger partial charge on any atom is 0.224 e. The van der Waals surface area contributed by atoms with Crippen molar-refractivity contribution in [2.24, 2.45) is 5.92 Å². The third-order valence-corrected chi connectivity index (χ3v) is 2.85. The van der Waals surface area contributed by atoms with E-state index in [-0.39, 0.29) is 5.91 Å². The van der Waals surface area contributed by atoms with Gasteiger partial charge in [-0.05, 0) is 40.8 Å². The molecule has 2 rings (SSSR count). The predicted molar refractivity (Wildman–Crippen MR) is 57.9 cm³/mol. The van der Waals surface area contributed by atoms with Crippen LogP contribution in [0.4, 0.5) is 5.69 Å². The second-order valence-electron chi connectivity index (χ2n) is 3.55. The van der Waals surface area contributed by atoms with Crippen molar-refractivity contribution >= 4 is 27.5 Å². The highest BCUT2D eigenvalue weighted by Crippen LogP contribution is 2.32. The van der Waals surface area contributed by atoms with Gasteiger partial charge in [0.15, 0.2) is 0 Å². The highest BCUT2D eigenvalue weighted by molar-refractivity contribution is 9.10. The van der Waals surface area contributed by atoms with Gasteiger partial charge in [0.1, 0.15) is 0 Å². The van der Waals surface area contributed by atoms with Gasteiger partial charge in [-0.15, -0.1) is 0 Å². The quantitative estimate of drug-likeness (QED) is 0.901. The maximum absolute atomic E-state index is 11.5. The van der Waals surface area contributed by atoms with Gasteiger partial charge >= 0.3 is 0 Å². The van der Waals surface area contributed by atoms with E-state index in [1.54, 1.807) is 18.5 Å². The van der Waals surface area contributed by atoms with E-state index in [2.05, 4.69) is 26.2 Å². The van der Waals surface area contributed by atoms with E-state index in [1.807, 2.05) is 0 Å². The topological polar surface area (TPSA) is 42.0 Å². The molecule has 0 radical (unpaired) electrons. The van der Waals surface area contributed by atoms with Gasteiger partial charge in [-0.3, -0.25) is 9.78 Å². The van der Waals surface area contributed by atoms with E-state index in [4.69, 9.17) is 0 Å². The van der Waals surface area contributed by atoms with Gasteiger partial charge in [-0.2, -0.15) is 0 Å². The molecule has 74 valence electrons. The molecule has 4 heteroatoms. The smallest absolute Gasteiger partial charge is 0.224 e. The molecule has 1 amide bonds. The lowest BCUT2D eigenvalue weighted by Gasteiger charge is -2.05. The van der Waals surface area contributed by atoms with Crippen molar-refractivity contribution in [2.75, 3.05) is 5.32 Å². The minimum atomic E-state index is 0.0967. The minimum Gasteiger partial charge on any atom is -0.325 e. The molecule has 14 heavy (non-hydrogen) atoms. The van der Waals surface area contributed by atoms with Crippen molar-refractivity contribution in [1.82, 2.24) is 4.98 Å². The Hall–Kier alpha value is -0.900. The third-order valence-electron chi connectivity index (χ3n) is 2.22. The van der Waals surface area contributed by atoms with Crippen LogP contribution in [0, 0.1) is 5.92 Å². The van der Waals surface area contributed by atoms with Crippen molar-refractivity contribution in [3.05, 3.63) is 22.9 Å². The summed E-state index contributed by atoms with van der Waals surface area (Å²) in [6, 6.07) is 1.79. The van der Waals surface area contributed by atoms with Crippen LogP contribution in [0.15, 0.2) is 22.9 Å². The summed E-state index contributed by atoms with van der Waals surface area (Å²) in [7, 11) is 0. The first-order valence-electron chi connectivity index (χ1n) is 4.65. The van der Waals surface area contributed by atoms with Crippen LogP contribution in [0.25, 0.3) is 0 Å². The maximum atomic E-state index is 11.5. The molecule has 1 saturated carbocycles. The number of nitrogens with one attached hydrogen (secondary N) is 1. The zero-order valence-corrected chi connectivity index (χ0v) is 9.25. The molecule has 0 atom stereocenters. The lowest BCUT2D eigenvalue weighted by Crippen LogP contribution is -2.12. The Balaban J connectivity index is 1.95. The zero-order valence-electron chi connectivity index (χ0n) is 7.66. The third kappa shape index (κ3) is 2.54. The van der Waals surface area contributed by atoms with Crippen LogP contribution in [-0.2, 0) is 4.79 Å². The summed E-state index contributed by atoms with van der Waals surface area (Å²) in [6.07, 6.45) is 6.38. The summed E-state index contributed by atoms with van der Waals surface area (Å²) >= 11 is 3.33. The number of amides is 1. The number of anilines is 1. The summed E-state index contributed by atoms with van der Waals surface area (Å²) < 4.78 is 0.823. The van der Waals surface area contributed by atoms with Crippen molar-refractivity contribution in [1.29, 1.82) is 0 Å². The highest BCUT2D eigenvalue weighted by Gasteiger charge is 2.24. The van der Waals surface area contributed by atoms with Crippen LogP contribution in [-0.4, -0.2) is 10.9 Å². The van der Waals surface area contributed by atoms with Crippen LogP contribution in [0.2, 0.25) is 0 Å². The molecule has 0 aromatic carbocycles. The highest BCUT2D eigenvalue weighted by atomic mass is 79.9. The zero-order chi connectivity index (χ0) is 9.97. The first kappa shape index (κ1) is 9.65. The van der Waals surface area contributed by atoms with Crippen molar-refractivity contribution in [3.8, 4) is 0 Å². The summed E-state index contributed by atoms with van der Waals surface area (Å²) in [4.78, 5) is 15.4. The number of halogens is 1. The van der Waals surface area contributed by atoms with Crippen LogP contribution in [0.1, 0.15) is 19.3 Å². The van der Waals surface area contributed by atoms with Gasteiger partial charge < -0.3 is 5.32 Å². The lowest BCUT2D eigenvalue weighted by molar-refractivity contribution is -0.116. The van der Waals surface area contributed by atoms with Crippen molar-refractivity contribution in [2.45, 2.75) is 19.3 Å². The van der Waals surface area contributed by atoms with E-state index < -0.39 is 0 Å². The Labute approximate surface area is 91.0 Å². The van der Waals surface area contributed by atoms with E-state index in [0.29, 0.717) is 12.3 Å². The van der Waals surface area contributed by atoms with E-state index in [9.17, 15) is 4.79 Å². The monoisotopic (exact) mass is 254 g/mol. The predicted octanol–water partition coefficient (Wildman–Crippen LogP) is 2.58. The molecule has 3 nitrogen and oxygen atoms in total. The van der Waals surface area contributed by atoms with Gasteiger partial charge in [-0.25, -0.2) is 0 Å². The molecule has 1 aromatic heterocycles. The molecule has 0 unspecified atom stereocenters. The first-order chi connectivity index (χ1) is 6.75. The number of pyridine rings is 1. The molecule has 1 aliphatic carbocycles. The van der Waals surface area contributed by atoms with E-state index in [1.165, 1.54) is 12.8 Å². The fourth-order valence-corrected chi connectivity index (χ4v) is 1.61. The summed E-state index contributed by atoms with van der Waals surface area (Å²) in [5.41, 5.74) is 0.797. The Morgan fingerprint density at radius 2 is 2.43 bits per heavy atom. The lowest BCUT2D eigenvalue weighted by atomic mass is 10.3. The normalized spacial score (nSPS) is 15.2. The summed E-state index contributed by atoms with van der Waals surface area (Å²) in [5.74, 6) is 0.718. The Morgan fingerprint density at radius 1 is 1.64 bits per heavy atom. The largest absolute Gasteiger partial charge is 0.325 e. The molecule has 1 N–H and O–H groups in total. The number of hydrogen-bond donors (Lipinski definition) is 1. The number of hydrogen-bond acceptors (Lipinski definition) is 2. The minimum absolute atomic E-state index is 0.0967. The molecular weight excluding hydrogens is 244 g/mol. The molecule has 0 bridgehead atoms. The number of nitrogens with zero attached hydrogens (tertiary/aromatic N) is 1. The number of rotatable bonds is 3. The molecule has 1 aromatic rings. The fraction of sp³-hybridized carbons (Fsp3) is 0.400. The van der Waals surface area contributed by atoms with E-state index in [0.717, 1.165) is 10.2 Å². The number of aromatic nitrogens is 1. The standard InChI is InChI=1S/C10H11BrN2O/c11-8-6-12-4-3-9(8)13-10(14)5-7-1-2-7/h3-4,6-7H,1-2,5H2,(H,12,13,14). The van der Waals surface area contributed by atoms with Crippen LogP contribution < -0.4 is 5.32 Å². The first-order valence-corrected chi connectivity index (χ1v) is 5.44. The molecule has 1 aliphatic rings. The SMILES string of the molecule is O=C(CC1CC1)Nc1ccncc1Br. The molecule has 1 heterocycles.